The fourth-order valence-corrected chi connectivity index (χ4v) is 1.90. The molecular formula is C15H19FN2O. The lowest BCUT2D eigenvalue weighted by molar-refractivity contribution is 0.390. The number of hydrogen-bond donors (Lipinski definition) is 0. The van der Waals surface area contributed by atoms with Crippen molar-refractivity contribution in [2.45, 2.75) is 27.7 Å². The van der Waals surface area contributed by atoms with Crippen LogP contribution in [0.25, 0.3) is 0 Å². The predicted octanol–water partition coefficient (Wildman–Crippen LogP) is 4.31. The fourth-order valence-electron chi connectivity index (χ4n) is 1.90. The van der Waals surface area contributed by atoms with Gasteiger partial charge in [-0.3, -0.25) is 0 Å². The minimum absolute atomic E-state index is 0.0547. The molecule has 0 fully saturated rings. The van der Waals surface area contributed by atoms with Crippen LogP contribution in [0.15, 0.2) is 34.9 Å². The van der Waals surface area contributed by atoms with E-state index in [1.165, 1.54) is 12.1 Å². The Kier molecular flexibility index (Phi) is 3.60. The normalized spacial score (nSPS) is 11.6. The smallest absolute Gasteiger partial charge is 0.176 e. The van der Waals surface area contributed by atoms with Crippen LogP contribution in [0.4, 0.5) is 15.9 Å². The van der Waals surface area contributed by atoms with Crippen LogP contribution >= 0.6 is 0 Å². The summed E-state index contributed by atoms with van der Waals surface area (Å²) in [4.78, 5) is 1.97. The molecule has 2 rings (SSSR count). The number of halogens is 1. The summed E-state index contributed by atoms with van der Waals surface area (Å²) in [7, 11) is 0. The highest BCUT2D eigenvalue weighted by atomic mass is 19.1. The lowest BCUT2D eigenvalue weighted by atomic mass is 9.95. The molecule has 0 N–H and O–H groups in total. The Morgan fingerprint density at radius 1 is 1.26 bits per heavy atom. The molecule has 0 unspecified atom stereocenters. The molecule has 0 aliphatic rings. The number of aryl methyl sites for hydroxylation is 1. The van der Waals surface area contributed by atoms with E-state index in [-0.39, 0.29) is 11.2 Å². The molecule has 0 atom stereocenters. The van der Waals surface area contributed by atoms with Crippen molar-refractivity contribution >= 4 is 11.5 Å². The summed E-state index contributed by atoms with van der Waals surface area (Å²) in [5.41, 5.74) is 0.835. The van der Waals surface area contributed by atoms with Gasteiger partial charge in [-0.15, -0.1) is 0 Å². The van der Waals surface area contributed by atoms with Crippen molar-refractivity contribution in [3.8, 4) is 0 Å². The van der Waals surface area contributed by atoms with E-state index in [0.717, 1.165) is 18.0 Å². The second-order valence-corrected chi connectivity index (χ2v) is 5.92. The molecule has 1 aromatic heterocycles. The van der Waals surface area contributed by atoms with Crippen molar-refractivity contribution in [3.05, 3.63) is 41.9 Å². The molecule has 0 saturated heterocycles. The van der Waals surface area contributed by atoms with Gasteiger partial charge in [-0.2, -0.15) is 0 Å². The van der Waals surface area contributed by atoms with E-state index in [4.69, 9.17) is 4.52 Å². The minimum Gasteiger partial charge on any atom is -0.360 e. The Labute approximate surface area is 113 Å². The first-order valence-electron chi connectivity index (χ1n) is 6.31. The summed E-state index contributed by atoms with van der Waals surface area (Å²) in [6.45, 7) is 8.96. The van der Waals surface area contributed by atoms with Gasteiger partial charge in [0.2, 0.25) is 0 Å². The zero-order chi connectivity index (χ0) is 14.0. The molecule has 0 spiro atoms. The molecule has 0 saturated carbocycles. The van der Waals surface area contributed by atoms with Crippen LogP contribution in [0, 0.1) is 18.2 Å². The highest BCUT2D eigenvalue weighted by molar-refractivity contribution is 5.59. The van der Waals surface area contributed by atoms with E-state index in [0.29, 0.717) is 5.82 Å². The molecule has 1 aromatic carbocycles. The van der Waals surface area contributed by atoms with Gasteiger partial charge >= 0.3 is 0 Å². The average molecular weight is 262 g/mol. The van der Waals surface area contributed by atoms with Gasteiger partial charge in [0.1, 0.15) is 11.6 Å². The lowest BCUT2D eigenvalue weighted by Gasteiger charge is -2.29. The van der Waals surface area contributed by atoms with E-state index in [2.05, 4.69) is 25.9 Å². The number of anilines is 2. The second kappa shape index (κ2) is 5.03. The molecule has 0 amide bonds. The molecule has 19 heavy (non-hydrogen) atoms. The topological polar surface area (TPSA) is 29.3 Å². The fraction of sp³-hybridized carbons (Fsp3) is 0.400. The maximum Gasteiger partial charge on any atom is 0.176 e. The van der Waals surface area contributed by atoms with Crippen LogP contribution in [0.1, 0.15) is 26.5 Å². The van der Waals surface area contributed by atoms with E-state index in [1.54, 1.807) is 6.07 Å². The first-order valence-corrected chi connectivity index (χ1v) is 6.31. The van der Waals surface area contributed by atoms with Crippen molar-refractivity contribution < 1.29 is 8.91 Å². The quantitative estimate of drug-likeness (QED) is 0.825. The van der Waals surface area contributed by atoms with Crippen LogP contribution in [-0.4, -0.2) is 11.7 Å². The zero-order valence-corrected chi connectivity index (χ0v) is 11.8. The van der Waals surface area contributed by atoms with Crippen molar-refractivity contribution in [1.82, 2.24) is 5.16 Å². The summed E-state index contributed by atoms with van der Waals surface area (Å²) < 4.78 is 18.5. The number of aromatic nitrogens is 1. The van der Waals surface area contributed by atoms with Crippen molar-refractivity contribution in [2.75, 3.05) is 11.4 Å². The van der Waals surface area contributed by atoms with Crippen LogP contribution in [0.2, 0.25) is 0 Å². The number of rotatable bonds is 3. The molecule has 1 heterocycles. The van der Waals surface area contributed by atoms with E-state index < -0.39 is 0 Å². The van der Waals surface area contributed by atoms with Gasteiger partial charge < -0.3 is 9.42 Å². The van der Waals surface area contributed by atoms with Crippen molar-refractivity contribution in [1.29, 1.82) is 0 Å². The van der Waals surface area contributed by atoms with Crippen LogP contribution in [0.5, 0.6) is 0 Å². The molecule has 4 heteroatoms. The molecule has 2 aromatic rings. The first-order chi connectivity index (χ1) is 8.85. The Morgan fingerprint density at radius 2 is 2.00 bits per heavy atom. The third-order valence-corrected chi connectivity index (χ3v) is 2.64. The minimum atomic E-state index is -0.253. The van der Waals surface area contributed by atoms with Gasteiger partial charge in [0.05, 0.1) is 0 Å². The molecule has 102 valence electrons. The predicted molar refractivity (Wildman–Crippen MR) is 74.1 cm³/mol. The highest BCUT2D eigenvalue weighted by Crippen LogP contribution is 2.29. The molecular weight excluding hydrogens is 243 g/mol. The molecule has 0 aliphatic carbocycles. The Morgan fingerprint density at radius 3 is 2.53 bits per heavy atom. The van der Waals surface area contributed by atoms with Crippen molar-refractivity contribution in [2.24, 2.45) is 5.41 Å². The van der Waals surface area contributed by atoms with Gasteiger partial charge in [-0.05, 0) is 30.5 Å². The standard InChI is InChI=1S/C15H19FN2O/c1-11-8-14(17-19-11)18(10-15(2,3)4)13-7-5-6-12(16)9-13/h5-9H,10H2,1-4H3. The third-order valence-electron chi connectivity index (χ3n) is 2.64. The summed E-state index contributed by atoms with van der Waals surface area (Å²) in [5, 5.41) is 4.03. The van der Waals surface area contributed by atoms with E-state index in [9.17, 15) is 4.39 Å². The van der Waals surface area contributed by atoms with Gasteiger partial charge in [-0.1, -0.05) is 32.0 Å². The molecule has 0 bridgehead atoms. The summed E-state index contributed by atoms with van der Waals surface area (Å²) in [6, 6.07) is 8.38. The van der Waals surface area contributed by atoms with Gasteiger partial charge in [0.25, 0.3) is 0 Å². The van der Waals surface area contributed by atoms with Gasteiger partial charge in [0.15, 0.2) is 5.82 Å². The second-order valence-electron chi connectivity index (χ2n) is 5.92. The van der Waals surface area contributed by atoms with Crippen LogP contribution < -0.4 is 4.90 Å². The highest BCUT2D eigenvalue weighted by Gasteiger charge is 2.21. The zero-order valence-electron chi connectivity index (χ0n) is 11.8. The Bertz CT molecular complexity index is 557. The van der Waals surface area contributed by atoms with Gasteiger partial charge in [0, 0.05) is 18.3 Å². The van der Waals surface area contributed by atoms with Crippen molar-refractivity contribution in [3.63, 3.8) is 0 Å². The first kappa shape index (κ1) is 13.6. The number of nitrogens with zero attached hydrogens (tertiary/aromatic N) is 2. The molecule has 0 radical (unpaired) electrons. The largest absolute Gasteiger partial charge is 0.360 e. The summed E-state index contributed by atoms with van der Waals surface area (Å²) in [6.07, 6.45) is 0. The van der Waals surface area contributed by atoms with Crippen LogP contribution in [0.3, 0.4) is 0 Å². The van der Waals surface area contributed by atoms with E-state index in [1.807, 2.05) is 24.0 Å². The average Bonchev–Trinajstić information content (AvgIpc) is 2.71. The van der Waals surface area contributed by atoms with Gasteiger partial charge in [-0.25, -0.2) is 4.39 Å². The monoisotopic (exact) mass is 262 g/mol. The Balaban J connectivity index is 2.39. The molecule has 3 nitrogen and oxygen atoms in total. The maximum atomic E-state index is 13.4. The summed E-state index contributed by atoms with van der Waals surface area (Å²) >= 11 is 0. The SMILES string of the molecule is Cc1cc(N(CC(C)(C)C)c2cccc(F)c2)no1. The number of hydrogen-bond acceptors (Lipinski definition) is 3. The Hall–Kier alpha value is -1.84. The maximum absolute atomic E-state index is 13.4. The number of benzene rings is 1. The lowest BCUT2D eigenvalue weighted by Crippen LogP contribution is -2.29. The molecule has 0 aliphatic heterocycles. The summed E-state index contributed by atoms with van der Waals surface area (Å²) in [5.74, 6) is 1.19. The third kappa shape index (κ3) is 3.56. The van der Waals surface area contributed by atoms with E-state index >= 15 is 0 Å². The van der Waals surface area contributed by atoms with Crippen LogP contribution in [-0.2, 0) is 0 Å².